The summed E-state index contributed by atoms with van der Waals surface area (Å²) in [6.07, 6.45) is 6.74. The quantitative estimate of drug-likeness (QED) is 0.856. The van der Waals surface area contributed by atoms with E-state index in [1.165, 1.54) is 5.56 Å². The van der Waals surface area contributed by atoms with Crippen LogP contribution in [0, 0.1) is 0 Å². The highest BCUT2D eigenvalue weighted by atomic mass is 16.2. The molecule has 1 saturated heterocycles. The van der Waals surface area contributed by atoms with E-state index in [0.29, 0.717) is 6.54 Å². The highest BCUT2D eigenvalue weighted by Gasteiger charge is 2.20. The number of pyridine rings is 1. The number of carbonyl (C=O) groups excluding carboxylic acids is 1. The molecule has 112 valence electrons. The lowest BCUT2D eigenvalue weighted by molar-refractivity contribution is -0.133. The molecule has 5 nitrogen and oxygen atoms in total. The predicted molar refractivity (Wildman–Crippen MR) is 83.2 cm³/mol. The maximum Gasteiger partial charge on any atom is 0.242 e. The number of nitrogens with zero attached hydrogens (tertiary/aromatic N) is 4. The zero-order chi connectivity index (χ0) is 14.8. The minimum atomic E-state index is 0.208. The average molecular weight is 286 g/mol. The van der Waals surface area contributed by atoms with Crippen molar-refractivity contribution in [2.75, 3.05) is 33.2 Å². The van der Waals surface area contributed by atoms with Crippen molar-refractivity contribution in [2.45, 2.75) is 19.9 Å². The van der Waals surface area contributed by atoms with E-state index in [1.807, 2.05) is 17.2 Å². The standard InChI is InChI=1S/C16H22N4O/c1-3-13-11-20(15-4-5-17-10-14(13)15)12-16(21)19-8-6-18(2)7-9-19/h4-5,10-11H,3,6-9,12H2,1-2H3. The normalized spacial score (nSPS) is 16.6. The number of hydrogen-bond donors (Lipinski definition) is 0. The maximum atomic E-state index is 12.5. The molecule has 0 spiro atoms. The smallest absolute Gasteiger partial charge is 0.242 e. The minimum Gasteiger partial charge on any atom is -0.339 e. The predicted octanol–water partition coefficient (Wildman–Crippen LogP) is 1.37. The Morgan fingerprint density at radius 3 is 2.76 bits per heavy atom. The van der Waals surface area contributed by atoms with Crippen LogP contribution < -0.4 is 0 Å². The van der Waals surface area contributed by atoms with Crippen molar-refractivity contribution in [2.24, 2.45) is 0 Å². The third-order valence-electron chi connectivity index (χ3n) is 4.31. The molecule has 1 aliphatic rings. The number of piperazine rings is 1. The SMILES string of the molecule is CCc1cn(CC(=O)N2CCN(C)CC2)c2ccncc12. The first-order chi connectivity index (χ1) is 10.2. The molecule has 1 fully saturated rings. The topological polar surface area (TPSA) is 41.4 Å². The Labute approximate surface area is 125 Å². The summed E-state index contributed by atoms with van der Waals surface area (Å²) in [5, 5.41) is 1.16. The van der Waals surface area contributed by atoms with E-state index in [1.54, 1.807) is 6.20 Å². The van der Waals surface area contributed by atoms with E-state index in [4.69, 9.17) is 0 Å². The molecule has 0 unspecified atom stereocenters. The zero-order valence-electron chi connectivity index (χ0n) is 12.7. The molecule has 0 aliphatic carbocycles. The first-order valence-corrected chi connectivity index (χ1v) is 7.57. The van der Waals surface area contributed by atoms with E-state index in [9.17, 15) is 4.79 Å². The van der Waals surface area contributed by atoms with E-state index in [2.05, 4.69) is 34.6 Å². The van der Waals surface area contributed by atoms with Crippen LogP contribution in [-0.2, 0) is 17.8 Å². The lowest BCUT2D eigenvalue weighted by Crippen LogP contribution is -2.48. The summed E-state index contributed by atoms with van der Waals surface area (Å²) in [5.41, 5.74) is 2.36. The Morgan fingerprint density at radius 2 is 2.05 bits per heavy atom. The summed E-state index contributed by atoms with van der Waals surface area (Å²) in [4.78, 5) is 20.9. The molecule has 2 aromatic heterocycles. The van der Waals surface area contributed by atoms with Gasteiger partial charge in [0.1, 0.15) is 6.54 Å². The molecule has 0 radical (unpaired) electrons. The number of hydrogen-bond acceptors (Lipinski definition) is 3. The van der Waals surface area contributed by atoms with Gasteiger partial charge >= 0.3 is 0 Å². The molecular weight excluding hydrogens is 264 g/mol. The van der Waals surface area contributed by atoms with Gasteiger partial charge in [-0.1, -0.05) is 6.92 Å². The fourth-order valence-electron chi connectivity index (χ4n) is 2.93. The summed E-state index contributed by atoms with van der Waals surface area (Å²) in [5.74, 6) is 0.208. The fourth-order valence-corrected chi connectivity index (χ4v) is 2.93. The number of amides is 1. The second-order valence-electron chi connectivity index (χ2n) is 5.71. The van der Waals surface area contributed by atoms with Gasteiger partial charge in [0.15, 0.2) is 0 Å². The van der Waals surface area contributed by atoms with Gasteiger partial charge in [0, 0.05) is 50.2 Å². The monoisotopic (exact) mass is 286 g/mol. The number of rotatable bonds is 3. The van der Waals surface area contributed by atoms with E-state index >= 15 is 0 Å². The van der Waals surface area contributed by atoms with Crippen LogP contribution >= 0.6 is 0 Å². The third kappa shape index (κ3) is 2.78. The van der Waals surface area contributed by atoms with Gasteiger partial charge in [0.2, 0.25) is 5.91 Å². The van der Waals surface area contributed by atoms with Gasteiger partial charge in [-0.15, -0.1) is 0 Å². The van der Waals surface area contributed by atoms with Crippen molar-refractivity contribution >= 4 is 16.8 Å². The van der Waals surface area contributed by atoms with Gasteiger partial charge in [0.25, 0.3) is 0 Å². The van der Waals surface area contributed by atoms with Crippen LogP contribution in [0.1, 0.15) is 12.5 Å². The highest BCUT2D eigenvalue weighted by Crippen LogP contribution is 2.21. The van der Waals surface area contributed by atoms with Crippen LogP contribution in [0.3, 0.4) is 0 Å². The molecule has 1 amide bonds. The summed E-state index contributed by atoms with van der Waals surface area (Å²) >= 11 is 0. The van der Waals surface area contributed by atoms with Crippen LogP contribution in [0.15, 0.2) is 24.7 Å². The molecule has 5 heteroatoms. The van der Waals surface area contributed by atoms with E-state index in [-0.39, 0.29) is 5.91 Å². The Balaban J connectivity index is 1.80. The Kier molecular flexibility index (Phi) is 3.92. The average Bonchev–Trinajstić information content (AvgIpc) is 2.86. The first kappa shape index (κ1) is 14.1. The molecule has 21 heavy (non-hydrogen) atoms. The van der Waals surface area contributed by atoms with Crippen molar-refractivity contribution in [3.8, 4) is 0 Å². The van der Waals surface area contributed by atoms with Crippen LogP contribution in [0.4, 0.5) is 0 Å². The van der Waals surface area contributed by atoms with E-state index in [0.717, 1.165) is 43.5 Å². The molecule has 2 aromatic rings. The maximum absolute atomic E-state index is 12.5. The lowest BCUT2D eigenvalue weighted by Gasteiger charge is -2.32. The largest absolute Gasteiger partial charge is 0.339 e. The van der Waals surface area contributed by atoms with Crippen molar-refractivity contribution in [3.63, 3.8) is 0 Å². The van der Waals surface area contributed by atoms with Gasteiger partial charge < -0.3 is 14.4 Å². The fraction of sp³-hybridized carbons (Fsp3) is 0.500. The molecule has 1 aliphatic heterocycles. The third-order valence-corrected chi connectivity index (χ3v) is 4.31. The molecule has 3 heterocycles. The van der Waals surface area contributed by atoms with Crippen LogP contribution in [-0.4, -0.2) is 58.5 Å². The Bertz CT molecular complexity index is 641. The summed E-state index contributed by atoms with van der Waals surface area (Å²) in [7, 11) is 2.10. The lowest BCUT2D eigenvalue weighted by atomic mass is 10.2. The molecule has 0 N–H and O–H groups in total. The van der Waals surface area contributed by atoms with Gasteiger partial charge in [-0.05, 0) is 25.1 Å². The van der Waals surface area contributed by atoms with Gasteiger partial charge in [0.05, 0.1) is 5.52 Å². The number of carbonyl (C=O) groups is 1. The summed E-state index contributed by atoms with van der Waals surface area (Å²) < 4.78 is 2.07. The van der Waals surface area contributed by atoms with Gasteiger partial charge in [-0.3, -0.25) is 9.78 Å². The highest BCUT2D eigenvalue weighted by molar-refractivity contribution is 5.85. The van der Waals surface area contributed by atoms with Gasteiger partial charge in [-0.25, -0.2) is 0 Å². The zero-order valence-corrected chi connectivity index (χ0v) is 12.7. The molecular formula is C16H22N4O. The van der Waals surface area contributed by atoms with Gasteiger partial charge in [-0.2, -0.15) is 0 Å². The summed E-state index contributed by atoms with van der Waals surface area (Å²) in [6, 6.07) is 1.99. The number of aromatic nitrogens is 2. The molecule has 0 aromatic carbocycles. The number of fused-ring (bicyclic) bond motifs is 1. The number of aryl methyl sites for hydroxylation is 1. The molecule has 0 saturated carbocycles. The summed E-state index contributed by atoms with van der Waals surface area (Å²) in [6.45, 7) is 6.14. The molecule has 0 bridgehead atoms. The van der Waals surface area contributed by atoms with E-state index < -0.39 is 0 Å². The first-order valence-electron chi connectivity index (χ1n) is 7.57. The van der Waals surface area contributed by atoms with Crippen molar-refractivity contribution in [3.05, 3.63) is 30.2 Å². The second kappa shape index (κ2) is 5.85. The van der Waals surface area contributed by atoms with Crippen molar-refractivity contribution in [1.29, 1.82) is 0 Å². The Hall–Kier alpha value is -1.88. The van der Waals surface area contributed by atoms with Crippen LogP contribution in [0.2, 0.25) is 0 Å². The second-order valence-corrected chi connectivity index (χ2v) is 5.71. The Morgan fingerprint density at radius 1 is 1.29 bits per heavy atom. The minimum absolute atomic E-state index is 0.208. The molecule has 3 rings (SSSR count). The van der Waals surface area contributed by atoms with Crippen molar-refractivity contribution in [1.82, 2.24) is 19.4 Å². The van der Waals surface area contributed by atoms with Crippen molar-refractivity contribution < 1.29 is 4.79 Å². The molecule has 0 atom stereocenters. The number of likely N-dealkylation sites (N-methyl/N-ethyl adjacent to an activating group) is 1. The van der Waals surface area contributed by atoms with Crippen LogP contribution in [0.5, 0.6) is 0 Å². The van der Waals surface area contributed by atoms with Crippen LogP contribution in [0.25, 0.3) is 10.9 Å².